The third kappa shape index (κ3) is 1.05. The number of nitriles is 1. The van der Waals surface area contributed by atoms with Crippen molar-refractivity contribution in [3.63, 3.8) is 0 Å². The van der Waals surface area contributed by atoms with Crippen molar-refractivity contribution in [1.29, 1.82) is 5.26 Å². The molecule has 2 nitrogen and oxygen atoms in total. The first kappa shape index (κ1) is 7.82. The van der Waals surface area contributed by atoms with Gasteiger partial charge in [0.2, 0.25) is 0 Å². The van der Waals surface area contributed by atoms with Crippen molar-refractivity contribution in [2.45, 2.75) is 44.3 Å². The Balaban J connectivity index is 2.11. The van der Waals surface area contributed by atoms with E-state index in [4.69, 9.17) is 10.00 Å². The maximum atomic E-state index is 8.67. The van der Waals surface area contributed by atoms with Crippen LogP contribution in [0.4, 0.5) is 0 Å². The molecule has 0 spiro atoms. The van der Waals surface area contributed by atoms with E-state index in [0.29, 0.717) is 0 Å². The fraction of sp³-hybridized carbons (Fsp3) is 0.700. The highest BCUT2D eigenvalue weighted by atomic mass is 16.6. The molecule has 1 fully saturated rings. The van der Waals surface area contributed by atoms with E-state index in [2.05, 4.69) is 12.1 Å². The van der Waals surface area contributed by atoms with Crippen molar-refractivity contribution in [2.75, 3.05) is 0 Å². The molecule has 2 aliphatic rings. The van der Waals surface area contributed by atoms with E-state index < -0.39 is 0 Å². The molecule has 1 heterocycles. The molecular weight excluding hydrogens is 150 g/mol. The van der Waals surface area contributed by atoms with Gasteiger partial charge in [-0.05, 0) is 38.2 Å². The Bertz CT molecular complexity index is 264. The minimum absolute atomic E-state index is 0.179. The van der Waals surface area contributed by atoms with Gasteiger partial charge in [0.25, 0.3) is 0 Å². The van der Waals surface area contributed by atoms with Gasteiger partial charge in [0.15, 0.2) is 6.10 Å². The van der Waals surface area contributed by atoms with E-state index in [-0.39, 0.29) is 11.7 Å². The molecule has 0 aromatic carbocycles. The molecular formula is C10H13NO. The summed E-state index contributed by atoms with van der Waals surface area (Å²) in [7, 11) is 0. The summed E-state index contributed by atoms with van der Waals surface area (Å²) in [5, 5.41) is 8.67. The number of allylic oxidation sites excluding steroid dienone is 1. The van der Waals surface area contributed by atoms with Crippen LogP contribution in [0.5, 0.6) is 0 Å². The Morgan fingerprint density at radius 3 is 3.00 bits per heavy atom. The van der Waals surface area contributed by atoms with Gasteiger partial charge < -0.3 is 4.74 Å². The number of ether oxygens (including phenoxy) is 1. The Labute approximate surface area is 72.8 Å². The predicted molar refractivity (Wildman–Crippen MR) is 45.4 cm³/mol. The second-order valence-corrected chi connectivity index (χ2v) is 3.71. The molecule has 0 bridgehead atoms. The maximum absolute atomic E-state index is 8.67. The van der Waals surface area contributed by atoms with Crippen LogP contribution >= 0.6 is 0 Å². The van der Waals surface area contributed by atoms with E-state index in [0.717, 1.165) is 12.8 Å². The fourth-order valence-corrected chi connectivity index (χ4v) is 1.89. The van der Waals surface area contributed by atoms with Gasteiger partial charge in [0.1, 0.15) is 5.60 Å². The maximum Gasteiger partial charge on any atom is 0.177 e. The first-order valence-corrected chi connectivity index (χ1v) is 4.54. The van der Waals surface area contributed by atoms with Gasteiger partial charge in [-0.1, -0.05) is 6.08 Å². The van der Waals surface area contributed by atoms with Crippen molar-refractivity contribution >= 4 is 0 Å². The highest BCUT2D eigenvalue weighted by Crippen LogP contribution is 2.45. The van der Waals surface area contributed by atoms with Crippen molar-refractivity contribution < 1.29 is 4.74 Å². The molecule has 0 saturated carbocycles. The number of hydrogen-bond donors (Lipinski definition) is 0. The van der Waals surface area contributed by atoms with Crippen molar-refractivity contribution in [3.8, 4) is 6.07 Å². The van der Waals surface area contributed by atoms with Crippen LogP contribution in [-0.4, -0.2) is 11.7 Å². The Hall–Kier alpha value is -0.810. The Kier molecular flexibility index (Phi) is 1.69. The molecule has 2 atom stereocenters. The summed E-state index contributed by atoms with van der Waals surface area (Å²) in [5.41, 5.74) is 1.13. The van der Waals surface area contributed by atoms with E-state index in [1.165, 1.54) is 18.4 Å². The molecule has 2 heteroatoms. The summed E-state index contributed by atoms with van der Waals surface area (Å²) in [5.74, 6) is 0. The molecule has 0 unspecified atom stereocenters. The minimum atomic E-state index is -0.213. The fourth-order valence-electron chi connectivity index (χ4n) is 1.89. The summed E-state index contributed by atoms with van der Waals surface area (Å²) in [6, 6.07) is 2.16. The number of nitrogens with zero attached hydrogens (tertiary/aromatic N) is 1. The second kappa shape index (κ2) is 2.60. The van der Waals surface area contributed by atoms with Gasteiger partial charge in [-0.25, -0.2) is 0 Å². The number of hydrogen-bond acceptors (Lipinski definition) is 2. The lowest BCUT2D eigenvalue weighted by Gasteiger charge is -2.15. The zero-order valence-corrected chi connectivity index (χ0v) is 7.34. The Morgan fingerprint density at radius 1 is 1.67 bits per heavy atom. The molecule has 12 heavy (non-hydrogen) atoms. The average Bonchev–Trinajstić information content (AvgIpc) is 2.81. The summed E-state index contributed by atoms with van der Waals surface area (Å²) in [4.78, 5) is 0. The molecule has 2 rings (SSSR count). The van der Waals surface area contributed by atoms with E-state index in [1.807, 2.05) is 6.92 Å². The predicted octanol–water partition coefficient (Wildman–Crippen LogP) is 2.17. The Morgan fingerprint density at radius 2 is 2.50 bits per heavy atom. The molecule has 0 radical (unpaired) electrons. The van der Waals surface area contributed by atoms with E-state index in [9.17, 15) is 0 Å². The van der Waals surface area contributed by atoms with Gasteiger partial charge in [-0.15, -0.1) is 0 Å². The lowest BCUT2D eigenvalue weighted by atomic mass is 9.88. The zero-order valence-electron chi connectivity index (χ0n) is 7.34. The lowest BCUT2D eigenvalue weighted by Crippen LogP contribution is -2.14. The highest BCUT2D eigenvalue weighted by Gasteiger charge is 2.55. The standard InChI is InChI=1S/C10H13NO/c1-10(9(7-11)12-10)8-5-3-2-4-6-8/h5,9H,2-4,6H2,1H3/t9-,10-/m1/s1. The van der Waals surface area contributed by atoms with Crippen LogP contribution in [0.3, 0.4) is 0 Å². The third-order valence-electron chi connectivity index (χ3n) is 2.85. The molecule has 1 saturated heterocycles. The monoisotopic (exact) mass is 163 g/mol. The van der Waals surface area contributed by atoms with E-state index in [1.54, 1.807) is 0 Å². The van der Waals surface area contributed by atoms with Crippen LogP contribution in [0.1, 0.15) is 32.6 Å². The summed E-state index contributed by atoms with van der Waals surface area (Å²) < 4.78 is 5.36. The number of epoxide rings is 1. The molecule has 0 N–H and O–H groups in total. The van der Waals surface area contributed by atoms with Crippen molar-refractivity contribution in [2.24, 2.45) is 0 Å². The van der Waals surface area contributed by atoms with Gasteiger partial charge in [0.05, 0.1) is 6.07 Å². The largest absolute Gasteiger partial charge is 0.345 e. The van der Waals surface area contributed by atoms with Gasteiger partial charge in [-0.2, -0.15) is 5.26 Å². The molecule has 0 amide bonds. The normalized spacial score (nSPS) is 40.0. The van der Waals surface area contributed by atoms with Crippen LogP contribution in [0.25, 0.3) is 0 Å². The zero-order chi connectivity index (χ0) is 8.60. The van der Waals surface area contributed by atoms with Crippen LogP contribution in [0, 0.1) is 11.3 Å². The molecule has 1 aliphatic carbocycles. The molecule has 0 aromatic heterocycles. The summed E-state index contributed by atoms with van der Waals surface area (Å²) in [6.45, 7) is 2.03. The third-order valence-corrected chi connectivity index (χ3v) is 2.85. The smallest absolute Gasteiger partial charge is 0.177 e. The average molecular weight is 163 g/mol. The molecule has 64 valence electrons. The van der Waals surface area contributed by atoms with Gasteiger partial charge in [0, 0.05) is 0 Å². The van der Waals surface area contributed by atoms with Crippen LogP contribution in [0.2, 0.25) is 0 Å². The summed E-state index contributed by atoms with van der Waals surface area (Å²) >= 11 is 0. The quantitative estimate of drug-likeness (QED) is 0.438. The minimum Gasteiger partial charge on any atom is -0.345 e. The summed E-state index contributed by atoms with van der Waals surface area (Å²) in [6.07, 6.45) is 6.89. The van der Waals surface area contributed by atoms with Gasteiger partial charge >= 0.3 is 0 Å². The van der Waals surface area contributed by atoms with Crippen molar-refractivity contribution in [3.05, 3.63) is 11.6 Å². The van der Waals surface area contributed by atoms with Crippen LogP contribution in [0.15, 0.2) is 11.6 Å². The molecule has 0 aromatic rings. The lowest BCUT2D eigenvalue weighted by molar-refractivity contribution is 0.338. The van der Waals surface area contributed by atoms with Gasteiger partial charge in [-0.3, -0.25) is 0 Å². The first-order valence-electron chi connectivity index (χ1n) is 4.54. The second-order valence-electron chi connectivity index (χ2n) is 3.71. The number of rotatable bonds is 1. The van der Waals surface area contributed by atoms with Crippen molar-refractivity contribution in [1.82, 2.24) is 0 Å². The van der Waals surface area contributed by atoms with Crippen LogP contribution in [-0.2, 0) is 4.74 Å². The first-order chi connectivity index (χ1) is 5.77. The topological polar surface area (TPSA) is 36.3 Å². The SMILES string of the molecule is C[C@]1(C2=CCCCC2)O[C@@H]1C#N. The highest BCUT2D eigenvalue weighted by molar-refractivity contribution is 5.31. The van der Waals surface area contributed by atoms with Crippen LogP contribution < -0.4 is 0 Å². The van der Waals surface area contributed by atoms with E-state index >= 15 is 0 Å². The molecule has 1 aliphatic heterocycles.